The first-order valence-electron chi connectivity index (χ1n) is 7.25. The molecule has 0 aromatic heterocycles. The van der Waals surface area contributed by atoms with Crippen LogP contribution in [0.2, 0.25) is 0 Å². The van der Waals surface area contributed by atoms with E-state index in [0.29, 0.717) is 0 Å². The molecular formula is C17H16F4N2O. The Labute approximate surface area is 136 Å². The van der Waals surface area contributed by atoms with E-state index >= 15 is 0 Å². The average Bonchev–Trinajstić information content (AvgIpc) is 2.46. The lowest BCUT2D eigenvalue weighted by atomic mass is 10.1. The highest BCUT2D eigenvalue weighted by Crippen LogP contribution is 2.19. The number of nitrogens with one attached hydrogen (secondary N) is 2. The monoisotopic (exact) mass is 340 g/mol. The second-order valence-electron chi connectivity index (χ2n) is 5.39. The Morgan fingerprint density at radius 3 is 1.50 bits per heavy atom. The summed E-state index contributed by atoms with van der Waals surface area (Å²) in [5.41, 5.74) is 0.235. The fourth-order valence-electron chi connectivity index (χ4n) is 2.30. The van der Waals surface area contributed by atoms with Crippen LogP contribution in [0.4, 0.5) is 22.4 Å². The van der Waals surface area contributed by atoms with Gasteiger partial charge >= 0.3 is 6.03 Å². The summed E-state index contributed by atoms with van der Waals surface area (Å²) in [5.74, 6) is -2.98. The van der Waals surface area contributed by atoms with Crippen LogP contribution in [0.3, 0.4) is 0 Å². The van der Waals surface area contributed by atoms with Crippen molar-refractivity contribution in [2.24, 2.45) is 0 Å². The van der Waals surface area contributed by atoms with Gasteiger partial charge in [-0.25, -0.2) is 22.4 Å². The minimum absolute atomic E-state index is 0.118. The highest BCUT2D eigenvalue weighted by Gasteiger charge is 2.17. The van der Waals surface area contributed by atoms with E-state index in [-0.39, 0.29) is 11.1 Å². The SMILES string of the molecule is C[C@H](NC(=O)N[C@H](C)c1ccc(F)cc1F)c1ccc(F)cc1F. The first kappa shape index (κ1) is 17.8. The Morgan fingerprint density at radius 2 is 1.17 bits per heavy atom. The molecule has 24 heavy (non-hydrogen) atoms. The zero-order valence-corrected chi connectivity index (χ0v) is 13.0. The molecule has 7 heteroatoms. The van der Waals surface area contributed by atoms with Crippen molar-refractivity contribution >= 4 is 6.03 Å². The first-order chi connectivity index (χ1) is 11.3. The van der Waals surface area contributed by atoms with Crippen LogP contribution in [0.15, 0.2) is 36.4 Å². The highest BCUT2D eigenvalue weighted by atomic mass is 19.1. The average molecular weight is 340 g/mol. The van der Waals surface area contributed by atoms with Gasteiger partial charge in [-0.3, -0.25) is 0 Å². The molecule has 2 atom stereocenters. The summed E-state index contributed by atoms with van der Waals surface area (Å²) >= 11 is 0. The second-order valence-corrected chi connectivity index (χ2v) is 5.39. The van der Waals surface area contributed by atoms with Crippen LogP contribution >= 0.6 is 0 Å². The molecule has 2 rings (SSSR count). The maximum absolute atomic E-state index is 13.7. The van der Waals surface area contributed by atoms with Crippen LogP contribution in [0.1, 0.15) is 37.1 Å². The van der Waals surface area contributed by atoms with E-state index in [4.69, 9.17) is 0 Å². The van der Waals surface area contributed by atoms with Crippen LogP contribution in [-0.4, -0.2) is 6.03 Å². The summed E-state index contributed by atoms with van der Waals surface area (Å²) in [6, 6.07) is 3.98. The predicted molar refractivity (Wildman–Crippen MR) is 81.2 cm³/mol. The van der Waals surface area contributed by atoms with Crippen molar-refractivity contribution in [3.8, 4) is 0 Å². The standard InChI is InChI=1S/C17H16F4N2O/c1-9(13-5-3-11(18)7-15(13)20)22-17(24)23-10(2)14-6-4-12(19)8-16(14)21/h3-10H,1-2H3,(H2,22,23,24)/t9-,10+. The van der Waals surface area contributed by atoms with E-state index in [1.54, 1.807) is 0 Å². The number of halogens is 4. The van der Waals surface area contributed by atoms with Gasteiger partial charge in [-0.2, -0.15) is 0 Å². The number of benzene rings is 2. The van der Waals surface area contributed by atoms with Gasteiger partial charge in [0.05, 0.1) is 12.1 Å². The Bertz CT molecular complexity index is 690. The zero-order valence-electron chi connectivity index (χ0n) is 13.0. The minimum atomic E-state index is -0.777. The number of amides is 2. The second kappa shape index (κ2) is 7.33. The van der Waals surface area contributed by atoms with Crippen molar-refractivity contribution in [1.29, 1.82) is 0 Å². The molecule has 3 nitrogen and oxygen atoms in total. The summed E-state index contributed by atoms with van der Waals surface area (Å²) in [6.45, 7) is 3.05. The van der Waals surface area contributed by atoms with Gasteiger partial charge in [-0.1, -0.05) is 12.1 Å². The Hall–Kier alpha value is -2.57. The maximum Gasteiger partial charge on any atom is 0.315 e. The zero-order chi connectivity index (χ0) is 17.9. The predicted octanol–water partition coefficient (Wildman–Crippen LogP) is 4.36. The van der Waals surface area contributed by atoms with Gasteiger partial charge in [0.1, 0.15) is 23.3 Å². The molecule has 0 aliphatic carbocycles. The van der Waals surface area contributed by atoms with Gasteiger partial charge in [-0.15, -0.1) is 0 Å². The summed E-state index contributed by atoms with van der Waals surface area (Å²) in [6.07, 6.45) is 0. The summed E-state index contributed by atoms with van der Waals surface area (Å²) in [5, 5.41) is 4.96. The number of urea groups is 1. The lowest BCUT2D eigenvalue weighted by Gasteiger charge is -2.19. The molecule has 2 aromatic rings. The van der Waals surface area contributed by atoms with E-state index in [2.05, 4.69) is 10.6 Å². The van der Waals surface area contributed by atoms with Gasteiger partial charge < -0.3 is 10.6 Å². The smallest absolute Gasteiger partial charge is 0.315 e. The van der Waals surface area contributed by atoms with Crippen LogP contribution in [0.25, 0.3) is 0 Å². The number of carbonyl (C=O) groups is 1. The molecule has 2 aromatic carbocycles. The fourth-order valence-corrected chi connectivity index (χ4v) is 2.30. The van der Waals surface area contributed by atoms with Crippen molar-refractivity contribution in [2.45, 2.75) is 25.9 Å². The van der Waals surface area contributed by atoms with Gasteiger partial charge in [0.2, 0.25) is 0 Å². The van der Waals surface area contributed by atoms with Crippen LogP contribution in [0, 0.1) is 23.3 Å². The van der Waals surface area contributed by atoms with Gasteiger partial charge in [0.25, 0.3) is 0 Å². The fraction of sp³-hybridized carbons (Fsp3) is 0.235. The van der Waals surface area contributed by atoms with Crippen LogP contribution in [-0.2, 0) is 0 Å². The summed E-state index contributed by atoms with van der Waals surface area (Å²) in [7, 11) is 0. The quantitative estimate of drug-likeness (QED) is 0.798. The summed E-state index contributed by atoms with van der Waals surface area (Å²) < 4.78 is 53.1. The third-order valence-corrected chi connectivity index (χ3v) is 3.55. The lowest BCUT2D eigenvalue weighted by molar-refractivity contribution is 0.234. The molecule has 128 valence electrons. The molecule has 0 saturated heterocycles. The Kier molecular flexibility index (Phi) is 5.43. The number of hydrogen-bond acceptors (Lipinski definition) is 1. The van der Waals surface area contributed by atoms with E-state index in [9.17, 15) is 22.4 Å². The first-order valence-corrected chi connectivity index (χ1v) is 7.25. The molecule has 0 aliphatic heterocycles. The van der Waals surface area contributed by atoms with Crippen molar-refractivity contribution in [1.82, 2.24) is 10.6 Å². The molecule has 2 amide bonds. The number of rotatable bonds is 4. The molecule has 0 fully saturated rings. The van der Waals surface area contributed by atoms with E-state index in [0.717, 1.165) is 24.3 Å². The molecule has 0 heterocycles. The summed E-state index contributed by atoms with van der Waals surface area (Å²) in [4.78, 5) is 12.0. The van der Waals surface area contributed by atoms with Gasteiger partial charge in [0, 0.05) is 23.3 Å². The third-order valence-electron chi connectivity index (χ3n) is 3.55. The molecule has 0 bridgehead atoms. The Balaban J connectivity index is 2.01. The van der Waals surface area contributed by atoms with Crippen molar-refractivity contribution in [3.63, 3.8) is 0 Å². The lowest BCUT2D eigenvalue weighted by Crippen LogP contribution is -2.38. The van der Waals surface area contributed by atoms with Crippen molar-refractivity contribution < 1.29 is 22.4 Å². The van der Waals surface area contributed by atoms with Crippen molar-refractivity contribution in [2.75, 3.05) is 0 Å². The molecule has 0 saturated carbocycles. The molecular weight excluding hydrogens is 324 g/mol. The maximum atomic E-state index is 13.7. The van der Waals surface area contributed by atoms with Crippen molar-refractivity contribution in [3.05, 3.63) is 70.8 Å². The molecule has 0 spiro atoms. The van der Waals surface area contributed by atoms with E-state index in [1.807, 2.05) is 0 Å². The highest BCUT2D eigenvalue weighted by molar-refractivity contribution is 5.75. The molecule has 0 radical (unpaired) electrons. The molecule has 0 unspecified atom stereocenters. The Morgan fingerprint density at radius 1 is 0.792 bits per heavy atom. The van der Waals surface area contributed by atoms with E-state index < -0.39 is 41.4 Å². The number of hydrogen-bond donors (Lipinski definition) is 2. The largest absolute Gasteiger partial charge is 0.332 e. The van der Waals surface area contributed by atoms with Gasteiger partial charge in [-0.05, 0) is 26.0 Å². The van der Waals surface area contributed by atoms with Gasteiger partial charge in [0.15, 0.2) is 0 Å². The topological polar surface area (TPSA) is 41.1 Å². The van der Waals surface area contributed by atoms with E-state index in [1.165, 1.54) is 26.0 Å². The molecule has 0 aliphatic rings. The minimum Gasteiger partial charge on any atom is -0.332 e. The normalized spacial score (nSPS) is 13.2. The van der Waals surface area contributed by atoms with Crippen LogP contribution in [0.5, 0.6) is 0 Å². The third kappa shape index (κ3) is 4.24. The number of carbonyl (C=O) groups excluding carboxylic acids is 1. The molecule has 2 N–H and O–H groups in total. The van der Waals surface area contributed by atoms with Crippen LogP contribution < -0.4 is 10.6 Å².